The molecule has 2 aromatic carbocycles. The van der Waals surface area contributed by atoms with E-state index >= 15 is 0 Å². The van der Waals surface area contributed by atoms with Crippen LogP contribution in [0, 0.1) is 6.92 Å². The van der Waals surface area contributed by atoms with Crippen molar-refractivity contribution in [1.29, 1.82) is 0 Å². The zero-order valence-corrected chi connectivity index (χ0v) is 19.7. The maximum Gasteiger partial charge on any atom is 0.268 e. The van der Waals surface area contributed by atoms with Crippen molar-refractivity contribution in [3.05, 3.63) is 89.0 Å². The molecule has 0 unspecified atom stereocenters. The first kappa shape index (κ1) is 23.2. The van der Waals surface area contributed by atoms with Crippen LogP contribution in [0.15, 0.2) is 71.0 Å². The van der Waals surface area contributed by atoms with E-state index in [4.69, 9.17) is 13.9 Å². The van der Waals surface area contributed by atoms with Gasteiger partial charge in [0.15, 0.2) is 0 Å². The van der Waals surface area contributed by atoms with Gasteiger partial charge in [-0.1, -0.05) is 17.7 Å². The number of hydrogen-bond donors (Lipinski definition) is 2. The van der Waals surface area contributed by atoms with Gasteiger partial charge in [0.1, 0.15) is 28.6 Å². The Kier molecular flexibility index (Phi) is 6.45. The summed E-state index contributed by atoms with van der Waals surface area (Å²) >= 11 is 0. The average molecular weight is 461 g/mol. The Hall–Kier alpha value is -4.00. The van der Waals surface area contributed by atoms with E-state index in [2.05, 4.69) is 10.6 Å². The van der Waals surface area contributed by atoms with Gasteiger partial charge in [-0.25, -0.2) is 0 Å². The summed E-state index contributed by atoms with van der Waals surface area (Å²) in [4.78, 5) is 26.3. The van der Waals surface area contributed by atoms with Gasteiger partial charge >= 0.3 is 0 Å². The molecule has 7 heteroatoms. The van der Waals surface area contributed by atoms with Crippen molar-refractivity contribution in [3.8, 4) is 11.5 Å². The molecular weight excluding hydrogens is 432 g/mol. The van der Waals surface area contributed by atoms with Gasteiger partial charge in [0.25, 0.3) is 11.8 Å². The number of rotatable bonds is 6. The summed E-state index contributed by atoms with van der Waals surface area (Å²) in [5.74, 6) is 0.974. The topological polar surface area (TPSA) is 89.8 Å². The summed E-state index contributed by atoms with van der Waals surface area (Å²) < 4.78 is 16.8. The van der Waals surface area contributed by atoms with Gasteiger partial charge in [0.2, 0.25) is 0 Å². The summed E-state index contributed by atoms with van der Waals surface area (Å²) in [7, 11) is 1.59. The number of ether oxygens (including phenoxy) is 2. The van der Waals surface area contributed by atoms with Crippen molar-refractivity contribution in [1.82, 2.24) is 10.6 Å². The summed E-state index contributed by atoms with van der Waals surface area (Å²) in [6.07, 6.45) is 3.56. The number of nitrogens with one attached hydrogen (secondary N) is 2. The minimum Gasteiger partial charge on any atom is -0.497 e. The maximum atomic E-state index is 13.4. The number of fused-ring (bicyclic) bond motifs is 1. The SMILES string of the molecule is COc1ccc2c(c1)[C@@H](NC(=O)/C(=C/c1ccco1)NC(=O)c1ccc(C)cc1)CC(C)(C)O2. The van der Waals surface area contributed by atoms with Crippen molar-refractivity contribution < 1.29 is 23.5 Å². The first-order valence-electron chi connectivity index (χ1n) is 11.0. The van der Waals surface area contributed by atoms with Crippen LogP contribution in [0.2, 0.25) is 0 Å². The van der Waals surface area contributed by atoms with Crippen LogP contribution in [-0.2, 0) is 4.79 Å². The van der Waals surface area contributed by atoms with Crippen LogP contribution in [-0.4, -0.2) is 24.5 Å². The monoisotopic (exact) mass is 460 g/mol. The molecule has 1 aliphatic heterocycles. The summed E-state index contributed by atoms with van der Waals surface area (Å²) in [6, 6.07) is 15.7. The van der Waals surface area contributed by atoms with Crippen LogP contribution >= 0.6 is 0 Å². The van der Waals surface area contributed by atoms with Crippen molar-refractivity contribution in [3.63, 3.8) is 0 Å². The molecule has 0 radical (unpaired) electrons. The number of carbonyl (C=O) groups is 2. The van der Waals surface area contributed by atoms with Crippen molar-refractivity contribution in [2.45, 2.75) is 38.8 Å². The normalized spacial score (nSPS) is 16.7. The van der Waals surface area contributed by atoms with Gasteiger partial charge in [-0.3, -0.25) is 9.59 Å². The smallest absolute Gasteiger partial charge is 0.268 e. The zero-order valence-electron chi connectivity index (χ0n) is 19.7. The number of methoxy groups -OCH3 is 1. The quantitative estimate of drug-likeness (QED) is 0.517. The lowest BCUT2D eigenvalue weighted by Gasteiger charge is -2.38. The third-order valence-corrected chi connectivity index (χ3v) is 5.62. The summed E-state index contributed by atoms with van der Waals surface area (Å²) in [6.45, 7) is 5.88. The standard InChI is InChI=1S/C27H28N2O5/c1-17-7-9-18(10-8-17)25(30)28-22(15-20-6-5-13-33-20)26(31)29-23-16-27(2,3)34-24-12-11-19(32-4)14-21(23)24/h5-15,23H,16H2,1-4H3,(H,28,30)(H,29,31)/b22-15-/t23-/m0/s1. The highest BCUT2D eigenvalue weighted by molar-refractivity contribution is 6.05. The third-order valence-electron chi connectivity index (χ3n) is 5.62. The highest BCUT2D eigenvalue weighted by Gasteiger charge is 2.35. The largest absolute Gasteiger partial charge is 0.497 e. The Labute approximate surface area is 198 Å². The molecule has 4 rings (SSSR count). The van der Waals surface area contributed by atoms with Gasteiger partial charge in [0.05, 0.1) is 19.4 Å². The fraction of sp³-hybridized carbons (Fsp3) is 0.259. The molecule has 1 atom stereocenters. The Morgan fingerprint density at radius 1 is 1.12 bits per heavy atom. The lowest BCUT2D eigenvalue weighted by Crippen LogP contribution is -2.43. The second kappa shape index (κ2) is 9.47. The molecule has 0 saturated heterocycles. The van der Waals surface area contributed by atoms with Crippen LogP contribution < -0.4 is 20.1 Å². The molecule has 2 N–H and O–H groups in total. The van der Waals surface area contributed by atoms with Crippen molar-refractivity contribution in [2.75, 3.05) is 7.11 Å². The van der Waals surface area contributed by atoms with Gasteiger partial charge in [-0.15, -0.1) is 0 Å². The fourth-order valence-corrected chi connectivity index (χ4v) is 3.90. The van der Waals surface area contributed by atoms with E-state index in [1.807, 2.05) is 51.1 Å². The van der Waals surface area contributed by atoms with E-state index in [0.29, 0.717) is 29.2 Å². The maximum absolute atomic E-state index is 13.4. The molecular formula is C27H28N2O5. The van der Waals surface area contributed by atoms with Crippen molar-refractivity contribution >= 4 is 17.9 Å². The number of benzene rings is 2. The Morgan fingerprint density at radius 2 is 1.88 bits per heavy atom. The van der Waals surface area contributed by atoms with Crippen LogP contribution in [0.25, 0.3) is 6.08 Å². The Bertz CT molecular complexity index is 1210. The Balaban J connectivity index is 1.62. The molecule has 2 amide bonds. The fourth-order valence-electron chi connectivity index (χ4n) is 3.90. The first-order chi connectivity index (χ1) is 16.2. The highest BCUT2D eigenvalue weighted by Crippen LogP contribution is 2.41. The average Bonchev–Trinajstić information content (AvgIpc) is 3.31. The van der Waals surface area contributed by atoms with Crippen LogP contribution in [0.1, 0.15) is 53.6 Å². The highest BCUT2D eigenvalue weighted by atomic mass is 16.5. The van der Waals surface area contributed by atoms with Crippen LogP contribution in [0.5, 0.6) is 11.5 Å². The van der Waals surface area contributed by atoms with Crippen LogP contribution in [0.4, 0.5) is 0 Å². The number of aryl methyl sites for hydroxylation is 1. The number of hydrogen-bond acceptors (Lipinski definition) is 5. The molecule has 0 spiro atoms. The van der Waals surface area contributed by atoms with Gasteiger partial charge in [-0.05, 0) is 63.2 Å². The lowest BCUT2D eigenvalue weighted by molar-refractivity contribution is -0.119. The molecule has 0 fully saturated rings. The molecule has 2 heterocycles. The van der Waals surface area contributed by atoms with E-state index in [9.17, 15) is 9.59 Å². The minimum atomic E-state index is -0.491. The molecule has 7 nitrogen and oxygen atoms in total. The number of amides is 2. The molecule has 176 valence electrons. The van der Waals surface area contributed by atoms with E-state index in [1.54, 1.807) is 31.4 Å². The van der Waals surface area contributed by atoms with Crippen molar-refractivity contribution in [2.24, 2.45) is 0 Å². The van der Waals surface area contributed by atoms with Gasteiger partial charge in [-0.2, -0.15) is 0 Å². The molecule has 0 aliphatic carbocycles. The van der Waals surface area contributed by atoms with E-state index < -0.39 is 11.5 Å². The molecule has 34 heavy (non-hydrogen) atoms. The minimum absolute atomic E-state index is 0.0780. The summed E-state index contributed by atoms with van der Waals surface area (Å²) in [5.41, 5.74) is 1.89. The predicted octanol–water partition coefficient (Wildman–Crippen LogP) is 4.79. The van der Waals surface area contributed by atoms with E-state index in [-0.39, 0.29) is 17.6 Å². The second-order valence-corrected chi connectivity index (χ2v) is 8.89. The van der Waals surface area contributed by atoms with Crippen LogP contribution in [0.3, 0.4) is 0 Å². The predicted molar refractivity (Wildman–Crippen MR) is 129 cm³/mol. The number of furan rings is 1. The molecule has 0 bridgehead atoms. The molecule has 1 aromatic heterocycles. The number of carbonyl (C=O) groups excluding carboxylic acids is 2. The lowest BCUT2D eigenvalue weighted by atomic mass is 9.89. The van der Waals surface area contributed by atoms with E-state index in [1.165, 1.54) is 12.3 Å². The van der Waals surface area contributed by atoms with Gasteiger partial charge in [0, 0.05) is 23.6 Å². The molecule has 1 aliphatic rings. The second-order valence-electron chi connectivity index (χ2n) is 8.89. The zero-order chi connectivity index (χ0) is 24.3. The first-order valence-corrected chi connectivity index (χ1v) is 11.0. The third kappa shape index (κ3) is 5.31. The Morgan fingerprint density at radius 3 is 2.56 bits per heavy atom. The summed E-state index contributed by atoms with van der Waals surface area (Å²) in [5, 5.41) is 5.80. The van der Waals surface area contributed by atoms with Gasteiger partial charge < -0.3 is 24.5 Å². The molecule has 0 saturated carbocycles. The van der Waals surface area contributed by atoms with E-state index in [0.717, 1.165) is 11.1 Å². The molecule has 3 aromatic rings.